The molecule has 2 N–H and O–H groups in total. The minimum atomic E-state index is -1.40. The predicted molar refractivity (Wildman–Crippen MR) is 135 cm³/mol. The van der Waals surface area contributed by atoms with Crippen LogP contribution in [0.25, 0.3) is 0 Å². The van der Waals surface area contributed by atoms with Crippen LogP contribution in [0.1, 0.15) is 62.4 Å². The first-order valence-corrected chi connectivity index (χ1v) is 12.6. The predicted octanol–water partition coefficient (Wildman–Crippen LogP) is 2.89. The Morgan fingerprint density at radius 1 is 1.31 bits per heavy atom. The second-order valence-electron chi connectivity index (χ2n) is 10.1. The molecule has 2 heterocycles. The molecule has 0 saturated carbocycles. The lowest BCUT2D eigenvalue weighted by molar-refractivity contribution is -0.137. The summed E-state index contributed by atoms with van der Waals surface area (Å²) in [5.41, 5.74) is 0.223. The summed E-state index contributed by atoms with van der Waals surface area (Å²) in [6, 6.07) is 3.06. The van der Waals surface area contributed by atoms with Crippen LogP contribution in [0.3, 0.4) is 0 Å². The van der Waals surface area contributed by atoms with Crippen LogP contribution in [0.15, 0.2) is 12.1 Å². The van der Waals surface area contributed by atoms with Gasteiger partial charge in [-0.15, -0.1) is 0 Å². The van der Waals surface area contributed by atoms with E-state index in [1.807, 2.05) is 20.8 Å². The minimum absolute atomic E-state index is 0.146. The molecule has 0 aliphatic carbocycles. The molecule has 2 aliphatic heterocycles. The van der Waals surface area contributed by atoms with Crippen molar-refractivity contribution in [1.82, 2.24) is 9.80 Å². The summed E-state index contributed by atoms with van der Waals surface area (Å²) in [5.74, 6) is -0.121. The molecular formula is C26H39N3O7. The number of aryl methyl sites for hydroxylation is 1. The van der Waals surface area contributed by atoms with Crippen molar-refractivity contribution in [2.45, 2.75) is 71.1 Å². The second kappa shape index (κ2) is 11.5. The maximum Gasteiger partial charge on any atom is 0.407 e. The summed E-state index contributed by atoms with van der Waals surface area (Å²) in [5, 5.41) is 19.4. The highest BCUT2D eigenvalue weighted by molar-refractivity contribution is 6.05. The Kier molecular flexibility index (Phi) is 8.84. The molecule has 0 aromatic heterocycles. The highest BCUT2D eigenvalue weighted by Gasteiger charge is 2.45. The number of hydrogen-bond donors (Lipinski definition) is 2. The summed E-state index contributed by atoms with van der Waals surface area (Å²) < 4.78 is 11.1. The van der Waals surface area contributed by atoms with E-state index in [1.165, 1.54) is 4.90 Å². The van der Waals surface area contributed by atoms with E-state index in [1.54, 1.807) is 36.0 Å². The lowest BCUT2D eigenvalue weighted by atomic mass is 9.97. The number of rotatable bonds is 9. The fourth-order valence-electron chi connectivity index (χ4n) is 5.03. The molecule has 3 rings (SSSR count). The Bertz CT molecular complexity index is 983. The van der Waals surface area contributed by atoms with E-state index in [4.69, 9.17) is 9.47 Å². The smallest absolute Gasteiger partial charge is 0.407 e. The molecule has 1 aromatic rings. The zero-order valence-corrected chi connectivity index (χ0v) is 22.0. The van der Waals surface area contributed by atoms with Gasteiger partial charge in [-0.25, -0.2) is 4.79 Å². The largest absolute Gasteiger partial charge is 0.473 e. The normalized spacial score (nSPS) is 21.9. The number of methoxy groups -OCH3 is 1. The number of fused-ring (bicyclic) bond motifs is 1. The van der Waals surface area contributed by atoms with Gasteiger partial charge in [0.15, 0.2) is 0 Å². The van der Waals surface area contributed by atoms with Gasteiger partial charge in [0.1, 0.15) is 5.75 Å². The van der Waals surface area contributed by atoms with Crippen molar-refractivity contribution in [2.75, 3.05) is 44.9 Å². The molecule has 3 amide bonds. The standard InChI is InChI=1S/C26H39N3O7/c1-17(2)29(19-9-8-10-27(15-19)25(33)34)23(31)20-14-21-22(13-18(20)3)36-26(4,16-30)24(32)28(21)11-6-7-12-35-5/h13-14,17,19,30H,6-12,15-16H2,1-5H3,(H,33,34)/t19-,26?/m1/s1. The van der Waals surface area contributed by atoms with E-state index in [0.29, 0.717) is 55.1 Å². The van der Waals surface area contributed by atoms with E-state index >= 15 is 0 Å². The first kappa shape index (κ1) is 27.7. The van der Waals surface area contributed by atoms with Crippen LogP contribution in [0.5, 0.6) is 5.75 Å². The van der Waals surface area contributed by atoms with E-state index in [-0.39, 0.29) is 30.4 Å². The Morgan fingerprint density at radius 3 is 2.64 bits per heavy atom. The van der Waals surface area contributed by atoms with E-state index in [2.05, 4.69) is 0 Å². The monoisotopic (exact) mass is 505 g/mol. The summed E-state index contributed by atoms with van der Waals surface area (Å²) in [7, 11) is 1.63. The molecule has 1 aromatic carbocycles. The van der Waals surface area contributed by atoms with Gasteiger partial charge >= 0.3 is 6.09 Å². The number of carboxylic acid groups (broad SMARTS) is 1. The van der Waals surface area contributed by atoms with Crippen LogP contribution in [-0.4, -0.2) is 95.6 Å². The Morgan fingerprint density at radius 2 is 2.03 bits per heavy atom. The SMILES string of the molecule is COCCCCN1C(=O)C(C)(CO)Oc2cc(C)c(C(=O)N(C(C)C)[C@@H]3CCCN(C(=O)O)C3)cc21. The van der Waals surface area contributed by atoms with Crippen LogP contribution in [0, 0.1) is 6.92 Å². The molecule has 10 nitrogen and oxygen atoms in total. The van der Waals surface area contributed by atoms with E-state index in [0.717, 1.165) is 12.8 Å². The third kappa shape index (κ3) is 5.59. The number of benzene rings is 1. The van der Waals surface area contributed by atoms with Crippen molar-refractivity contribution in [3.63, 3.8) is 0 Å². The molecule has 36 heavy (non-hydrogen) atoms. The topological polar surface area (TPSA) is 120 Å². The van der Waals surface area contributed by atoms with E-state index in [9.17, 15) is 24.6 Å². The average molecular weight is 506 g/mol. The number of aliphatic hydroxyl groups is 1. The number of amides is 3. The van der Waals surface area contributed by atoms with Crippen molar-refractivity contribution in [1.29, 1.82) is 0 Å². The molecule has 1 saturated heterocycles. The number of hydrogen-bond acceptors (Lipinski definition) is 6. The fraction of sp³-hybridized carbons (Fsp3) is 0.654. The number of piperidine rings is 1. The fourth-order valence-corrected chi connectivity index (χ4v) is 5.03. The molecule has 2 atom stereocenters. The quantitative estimate of drug-likeness (QED) is 0.495. The van der Waals surface area contributed by atoms with E-state index < -0.39 is 18.3 Å². The van der Waals surface area contributed by atoms with Gasteiger partial charge in [0.05, 0.1) is 18.3 Å². The van der Waals surface area contributed by atoms with Crippen LogP contribution in [-0.2, 0) is 9.53 Å². The van der Waals surface area contributed by atoms with Gasteiger partial charge in [-0.1, -0.05) is 0 Å². The summed E-state index contributed by atoms with van der Waals surface area (Å²) >= 11 is 0. The van der Waals surface area contributed by atoms with Crippen molar-refractivity contribution in [2.24, 2.45) is 0 Å². The maximum atomic E-state index is 13.9. The van der Waals surface area contributed by atoms with Crippen molar-refractivity contribution in [3.05, 3.63) is 23.3 Å². The van der Waals surface area contributed by atoms with Gasteiger partial charge < -0.3 is 34.4 Å². The molecule has 0 radical (unpaired) electrons. The number of nitrogens with zero attached hydrogens (tertiary/aromatic N) is 3. The van der Waals surface area contributed by atoms with Crippen LogP contribution < -0.4 is 9.64 Å². The molecular weight excluding hydrogens is 466 g/mol. The average Bonchev–Trinajstić information content (AvgIpc) is 2.83. The molecule has 10 heteroatoms. The highest BCUT2D eigenvalue weighted by atomic mass is 16.5. The van der Waals surface area contributed by atoms with Gasteiger partial charge in [-0.3, -0.25) is 9.59 Å². The Hall–Kier alpha value is -2.85. The molecule has 1 unspecified atom stereocenters. The number of unbranched alkanes of at least 4 members (excludes halogenated alkanes) is 1. The van der Waals surface area contributed by atoms with Gasteiger partial charge in [0.2, 0.25) is 5.60 Å². The number of aliphatic hydroxyl groups excluding tert-OH is 1. The third-order valence-electron chi connectivity index (χ3n) is 6.99. The number of anilines is 1. The highest BCUT2D eigenvalue weighted by Crippen LogP contribution is 2.40. The Labute approximate surface area is 212 Å². The molecule has 200 valence electrons. The summed E-state index contributed by atoms with van der Waals surface area (Å²) in [4.78, 5) is 43.5. The molecule has 1 fully saturated rings. The van der Waals surface area contributed by atoms with Crippen molar-refractivity contribution < 1.29 is 34.1 Å². The third-order valence-corrected chi connectivity index (χ3v) is 6.99. The lowest BCUT2D eigenvalue weighted by Gasteiger charge is -2.42. The number of ether oxygens (including phenoxy) is 2. The Balaban J connectivity index is 1.98. The van der Waals surface area contributed by atoms with Crippen LogP contribution in [0.2, 0.25) is 0 Å². The molecule has 2 aliphatic rings. The first-order chi connectivity index (χ1) is 17.0. The van der Waals surface area contributed by atoms with Gasteiger partial charge in [-0.05, 0) is 71.1 Å². The maximum absolute atomic E-state index is 13.9. The first-order valence-electron chi connectivity index (χ1n) is 12.6. The lowest BCUT2D eigenvalue weighted by Crippen LogP contribution is -2.57. The van der Waals surface area contributed by atoms with Crippen molar-refractivity contribution in [3.8, 4) is 5.75 Å². The van der Waals surface area contributed by atoms with Crippen LogP contribution >= 0.6 is 0 Å². The van der Waals surface area contributed by atoms with Gasteiger partial charge in [0.25, 0.3) is 11.8 Å². The molecule has 0 bridgehead atoms. The number of carbonyl (C=O) groups is 3. The number of carbonyl (C=O) groups excluding carboxylic acids is 2. The minimum Gasteiger partial charge on any atom is -0.473 e. The summed E-state index contributed by atoms with van der Waals surface area (Å²) in [6.07, 6.45) is 1.87. The second-order valence-corrected chi connectivity index (χ2v) is 10.1. The zero-order chi connectivity index (χ0) is 26.6. The van der Waals surface area contributed by atoms with Gasteiger partial charge in [-0.2, -0.15) is 0 Å². The van der Waals surface area contributed by atoms with Crippen LogP contribution in [0.4, 0.5) is 10.5 Å². The van der Waals surface area contributed by atoms with Gasteiger partial charge in [0, 0.05) is 45.0 Å². The molecule has 0 spiro atoms. The zero-order valence-electron chi connectivity index (χ0n) is 22.0. The summed E-state index contributed by atoms with van der Waals surface area (Å²) in [6.45, 7) is 8.45. The number of likely N-dealkylation sites (tertiary alicyclic amines) is 1. The van der Waals surface area contributed by atoms with Crippen molar-refractivity contribution >= 4 is 23.6 Å².